The monoisotopic (exact) mass is 483 g/mol. The molecule has 0 amide bonds. The summed E-state index contributed by atoms with van der Waals surface area (Å²) in [4.78, 5) is 14.2. The largest absolute Gasteiger partial charge is 0.396 e. The standard InChI is InChI=1S/C26H37N5O2S/c1-7-17-15(3)21(25-30-19-11-27-9-8-20(19)34-25)24(31-23(17)28-13-26(4,5)6)29-18-10-16(12-32)14(2)22(18)33/h8-9,11,14,16,18,22,32-33H,7,10,12-13H2,1-6H3,(H2,28,29,31). The molecule has 3 aromatic heterocycles. The summed E-state index contributed by atoms with van der Waals surface area (Å²) < 4.78 is 1.08. The number of anilines is 2. The molecule has 0 radical (unpaired) electrons. The lowest BCUT2D eigenvalue weighted by Gasteiger charge is -2.25. The number of aliphatic hydroxyl groups is 2. The second-order valence-electron chi connectivity index (χ2n) is 10.7. The minimum atomic E-state index is -0.552. The lowest BCUT2D eigenvalue weighted by molar-refractivity contribution is 0.103. The summed E-state index contributed by atoms with van der Waals surface area (Å²) in [6.07, 6.45) is 4.57. The van der Waals surface area contributed by atoms with Gasteiger partial charge in [-0.2, -0.15) is 0 Å². The molecule has 4 atom stereocenters. The van der Waals surface area contributed by atoms with Gasteiger partial charge in [0.25, 0.3) is 0 Å². The molecule has 1 fully saturated rings. The number of hydrogen-bond acceptors (Lipinski definition) is 8. The van der Waals surface area contributed by atoms with Gasteiger partial charge in [0.05, 0.1) is 28.6 Å². The number of nitrogens with zero attached hydrogens (tertiary/aromatic N) is 3. The maximum Gasteiger partial charge on any atom is 0.139 e. The SMILES string of the molecule is CCc1c(NCC(C)(C)C)nc(NC2CC(CO)C(C)C2O)c(-c2nc3cnccc3s2)c1C. The summed E-state index contributed by atoms with van der Waals surface area (Å²) in [5, 5.41) is 28.7. The van der Waals surface area contributed by atoms with Crippen LogP contribution in [0.25, 0.3) is 20.8 Å². The van der Waals surface area contributed by atoms with Crippen LogP contribution in [0, 0.1) is 24.2 Å². The van der Waals surface area contributed by atoms with Crippen molar-refractivity contribution in [3.63, 3.8) is 0 Å². The lowest BCUT2D eigenvalue weighted by Crippen LogP contribution is -2.32. The van der Waals surface area contributed by atoms with E-state index in [1.54, 1.807) is 23.7 Å². The Balaban J connectivity index is 1.82. The van der Waals surface area contributed by atoms with Crippen LogP contribution in [0.3, 0.4) is 0 Å². The normalized spacial score (nSPS) is 22.9. The van der Waals surface area contributed by atoms with Crippen LogP contribution in [-0.4, -0.2) is 50.5 Å². The predicted octanol–water partition coefficient (Wildman–Crippen LogP) is 4.87. The first-order chi connectivity index (χ1) is 16.1. The minimum absolute atomic E-state index is 0.0222. The average molecular weight is 484 g/mol. The maximum absolute atomic E-state index is 10.9. The molecule has 4 unspecified atom stereocenters. The highest BCUT2D eigenvalue weighted by Gasteiger charge is 2.40. The van der Waals surface area contributed by atoms with Gasteiger partial charge in [-0.1, -0.05) is 34.6 Å². The second kappa shape index (κ2) is 9.76. The van der Waals surface area contributed by atoms with Crippen LogP contribution in [0.15, 0.2) is 18.5 Å². The second-order valence-corrected chi connectivity index (χ2v) is 11.7. The Morgan fingerprint density at radius 3 is 2.59 bits per heavy atom. The molecule has 4 N–H and O–H groups in total. The molecule has 4 rings (SSSR count). The van der Waals surface area contributed by atoms with Gasteiger partial charge in [-0.15, -0.1) is 11.3 Å². The zero-order chi connectivity index (χ0) is 24.6. The van der Waals surface area contributed by atoms with E-state index in [1.165, 1.54) is 5.56 Å². The molecule has 1 saturated carbocycles. The van der Waals surface area contributed by atoms with E-state index in [2.05, 4.69) is 50.2 Å². The maximum atomic E-state index is 10.9. The minimum Gasteiger partial charge on any atom is -0.396 e. The van der Waals surface area contributed by atoms with Crippen LogP contribution in [0.2, 0.25) is 0 Å². The molecular weight excluding hydrogens is 446 g/mol. The average Bonchev–Trinajstić information content (AvgIpc) is 3.33. The number of thiazole rings is 1. The van der Waals surface area contributed by atoms with Crippen molar-refractivity contribution in [3.05, 3.63) is 29.6 Å². The molecule has 0 spiro atoms. The van der Waals surface area contributed by atoms with Crippen LogP contribution in [0.4, 0.5) is 11.6 Å². The van der Waals surface area contributed by atoms with E-state index in [4.69, 9.17) is 9.97 Å². The Morgan fingerprint density at radius 2 is 1.97 bits per heavy atom. The smallest absolute Gasteiger partial charge is 0.139 e. The van der Waals surface area contributed by atoms with Gasteiger partial charge >= 0.3 is 0 Å². The highest BCUT2D eigenvalue weighted by molar-refractivity contribution is 7.21. The van der Waals surface area contributed by atoms with Gasteiger partial charge < -0.3 is 20.8 Å². The highest BCUT2D eigenvalue weighted by Crippen LogP contribution is 2.41. The molecule has 1 aliphatic rings. The van der Waals surface area contributed by atoms with Crippen molar-refractivity contribution in [3.8, 4) is 10.6 Å². The molecule has 0 saturated heterocycles. The molecule has 7 nitrogen and oxygen atoms in total. The van der Waals surface area contributed by atoms with E-state index in [0.29, 0.717) is 6.42 Å². The number of hydrogen-bond donors (Lipinski definition) is 4. The lowest BCUT2D eigenvalue weighted by atomic mass is 9.96. The molecule has 0 aromatic carbocycles. The van der Waals surface area contributed by atoms with Crippen LogP contribution in [0.5, 0.6) is 0 Å². The van der Waals surface area contributed by atoms with Crippen molar-refractivity contribution in [1.82, 2.24) is 15.0 Å². The highest BCUT2D eigenvalue weighted by atomic mass is 32.1. The fraction of sp³-hybridized carbons (Fsp3) is 0.577. The molecule has 3 heterocycles. The zero-order valence-corrected chi connectivity index (χ0v) is 21.8. The van der Waals surface area contributed by atoms with Gasteiger partial charge in [-0.05, 0) is 54.2 Å². The zero-order valence-electron chi connectivity index (χ0n) is 21.0. The topological polar surface area (TPSA) is 103 Å². The van der Waals surface area contributed by atoms with Crippen molar-refractivity contribution in [2.45, 2.75) is 66.5 Å². The number of rotatable bonds is 7. The molecule has 0 bridgehead atoms. The third kappa shape index (κ3) is 4.90. The summed E-state index contributed by atoms with van der Waals surface area (Å²) in [7, 11) is 0. The van der Waals surface area contributed by atoms with E-state index in [0.717, 1.165) is 51.0 Å². The Labute approximate surface area is 206 Å². The molecule has 1 aliphatic carbocycles. The van der Waals surface area contributed by atoms with Crippen molar-refractivity contribution in [2.24, 2.45) is 17.3 Å². The summed E-state index contributed by atoms with van der Waals surface area (Å²) in [5.74, 6) is 1.70. The van der Waals surface area contributed by atoms with Crippen LogP contribution in [0.1, 0.15) is 52.2 Å². The van der Waals surface area contributed by atoms with Crippen LogP contribution >= 0.6 is 11.3 Å². The van der Waals surface area contributed by atoms with E-state index in [-0.39, 0.29) is 29.9 Å². The van der Waals surface area contributed by atoms with E-state index in [1.807, 2.05) is 13.0 Å². The van der Waals surface area contributed by atoms with E-state index < -0.39 is 6.10 Å². The van der Waals surface area contributed by atoms with Crippen molar-refractivity contribution >= 4 is 33.2 Å². The first-order valence-electron chi connectivity index (χ1n) is 12.2. The summed E-state index contributed by atoms with van der Waals surface area (Å²) >= 11 is 1.63. The molecule has 184 valence electrons. The number of fused-ring (bicyclic) bond motifs is 1. The third-order valence-corrected chi connectivity index (χ3v) is 7.98. The number of aromatic nitrogens is 3. The fourth-order valence-electron chi connectivity index (χ4n) is 4.81. The van der Waals surface area contributed by atoms with Crippen LogP contribution in [-0.2, 0) is 6.42 Å². The number of pyridine rings is 2. The van der Waals surface area contributed by atoms with Gasteiger partial charge in [0.2, 0.25) is 0 Å². The molecular formula is C26H37N5O2S. The van der Waals surface area contributed by atoms with Crippen molar-refractivity contribution in [1.29, 1.82) is 0 Å². The number of aliphatic hydroxyl groups excluding tert-OH is 2. The quantitative estimate of drug-likeness (QED) is 0.380. The first-order valence-corrected chi connectivity index (χ1v) is 13.0. The van der Waals surface area contributed by atoms with Gasteiger partial charge in [0, 0.05) is 19.3 Å². The predicted molar refractivity (Wildman–Crippen MR) is 140 cm³/mol. The van der Waals surface area contributed by atoms with E-state index in [9.17, 15) is 10.2 Å². The summed E-state index contributed by atoms with van der Waals surface area (Å²) in [5.41, 5.74) is 4.28. The Morgan fingerprint density at radius 1 is 1.21 bits per heavy atom. The summed E-state index contributed by atoms with van der Waals surface area (Å²) in [6.45, 7) is 13.8. The Kier molecular flexibility index (Phi) is 7.12. The van der Waals surface area contributed by atoms with Crippen molar-refractivity contribution in [2.75, 3.05) is 23.8 Å². The molecule has 34 heavy (non-hydrogen) atoms. The first kappa shape index (κ1) is 24.8. The summed E-state index contributed by atoms with van der Waals surface area (Å²) in [6, 6.07) is 1.80. The molecule has 0 aliphatic heterocycles. The molecule has 8 heteroatoms. The van der Waals surface area contributed by atoms with Crippen molar-refractivity contribution < 1.29 is 10.2 Å². The van der Waals surface area contributed by atoms with Crippen LogP contribution < -0.4 is 10.6 Å². The van der Waals surface area contributed by atoms with Gasteiger partial charge in [0.1, 0.15) is 22.2 Å². The third-order valence-electron chi connectivity index (χ3n) is 6.93. The fourth-order valence-corrected chi connectivity index (χ4v) is 5.84. The molecule has 3 aromatic rings. The van der Waals surface area contributed by atoms with Gasteiger partial charge in [0.15, 0.2) is 0 Å². The Bertz CT molecular complexity index is 1120. The van der Waals surface area contributed by atoms with Gasteiger partial charge in [-0.3, -0.25) is 4.98 Å². The Hall–Kier alpha value is -2.29. The number of nitrogens with one attached hydrogen (secondary N) is 2. The van der Waals surface area contributed by atoms with Gasteiger partial charge in [-0.25, -0.2) is 9.97 Å². The van der Waals surface area contributed by atoms with E-state index >= 15 is 0 Å².